The molecule has 59 valence electrons. The van der Waals surface area contributed by atoms with Gasteiger partial charge in [-0.05, 0) is 13.3 Å². The van der Waals surface area contributed by atoms with Crippen molar-refractivity contribution in [3.8, 4) is 0 Å². The quantitative estimate of drug-likeness (QED) is 0.475. The predicted molar refractivity (Wildman–Crippen MR) is 34.8 cm³/mol. The van der Waals surface area contributed by atoms with Crippen LogP contribution in [0.15, 0.2) is 0 Å². The third-order valence-electron chi connectivity index (χ3n) is 1.13. The van der Waals surface area contributed by atoms with Crippen molar-refractivity contribution in [1.82, 2.24) is 0 Å². The molecule has 1 radical (unpaired) electrons. The Labute approximate surface area is 67.7 Å². The van der Waals surface area contributed by atoms with E-state index in [4.69, 9.17) is 0 Å². The second-order valence-corrected chi connectivity index (χ2v) is 2.16. The van der Waals surface area contributed by atoms with E-state index < -0.39 is 0 Å². The smallest absolute Gasteiger partial charge is 0.129 e. The standard InChI is InChI=1S/C7H14O.Cu/c1-3-4-5-6-7(2)8;/h3-6H2,1-2H3;. The summed E-state index contributed by atoms with van der Waals surface area (Å²) >= 11 is 0. The van der Waals surface area contributed by atoms with E-state index in [0.29, 0.717) is 5.78 Å². The number of hydrogen-bond donors (Lipinski definition) is 0. The van der Waals surface area contributed by atoms with Crippen LogP contribution in [0.2, 0.25) is 0 Å². The Morgan fingerprint density at radius 3 is 2.22 bits per heavy atom. The molecule has 0 aromatic carbocycles. The largest absolute Gasteiger partial charge is 0.300 e. The number of carbonyl (C=O) groups is 1. The average molecular weight is 178 g/mol. The Balaban J connectivity index is 0. The first-order valence-electron chi connectivity index (χ1n) is 3.26. The van der Waals surface area contributed by atoms with Gasteiger partial charge in [-0.2, -0.15) is 0 Å². The van der Waals surface area contributed by atoms with Crippen LogP contribution in [0, 0.1) is 0 Å². The van der Waals surface area contributed by atoms with Gasteiger partial charge in [0.2, 0.25) is 0 Å². The van der Waals surface area contributed by atoms with Crippen LogP contribution in [0.25, 0.3) is 0 Å². The number of ketones is 1. The van der Waals surface area contributed by atoms with Crippen molar-refractivity contribution in [2.24, 2.45) is 0 Å². The molecule has 2 heteroatoms. The number of hydrogen-bond acceptors (Lipinski definition) is 1. The molecule has 0 rings (SSSR count). The molecule has 0 aromatic rings. The molecule has 0 bridgehead atoms. The van der Waals surface area contributed by atoms with E-state index in [9.17, 15) is 4.79 Å². The minimum atomic E-state index is 0. The number of carbonyl (C=O) groups excluding carboxylic acids is 1. The first-order chi connectivity index (χ1) is 3.77. The molecule has 0 spiro atoms. The Morgan fingerprint density at radius 2 is 1.89 bits per heavy atom. The molecule has 0 aliphatic carbocycles. The second-order valence-electron chi connectivity index (χ2n) is 2.16. The summed E-state index contributed by atoms with van der Waals surface area (Å²) < 4.78 is 0. The molecule has 9 heavy (non-hydrogen) atoms. The molecule has 0 N–H and O–H groups in total. The summed E-state index contributed by atoms with van der Waals surface area (Å²) in [5, 5.41) is 0. The summed E-state index contributed by atoms with van der Waals surface area (Å²) in [5.41, 5.74) is 0. The van der Waals surface area contributed by atoms with Gasteiger partial charge in [0.25, 0.3) is 0 Å². The van der Waals surface area contributed by atoms with Gasteiger partial charge >= 0.3 is 0 Å². The zero-order valence-electron chi connectivity index (χ0n) is 6.04. The molecule has 0 unspecified atom stereocenters. The molecule has 1 nitrogen and oxygen atoms in total. The van der Waals surface area contributed by atoms with Crippen LogP contribution in [0.4, 0.5) is 0 Å². The molecule has 0 aromatic heterocycles. The van der Waals surface area contributed by atoms with Crippen molar-refractivity contribution in [3.05, 3.63) is 0 Å². The number of Topliss-reactive ketones (excluding diaryl/α,β-unsaturated/α-hetero) is 1. The van der Waals surface area contributed by atoms with E-state index in [1.54, 1.807) is 6.92 Å². The van der Waals surface area contributed by atoms with Crippen molar-refractivity contribution in [2.45, 2.75) is 39.5 Å². The van der Waals surface area contributed by atoms with Crippen molar-refractivity contribution >= 4 is 5.78 Å². The van der Waals surface area contributed by atoms with E-state index >= 15 is 0 Å². The SMILES string of the molecule is CCCCCC(C)=O.[Cu]. The van der Waals surface area contributed by atoms with E-state index in [-0.39, 0.29) is 17.1 Å². The molecule has 0 fully saturated rings. The topological polar surface area (TPSA) is 17.1 Å². The molecule has 0 saturated carbocycles. The summed E-state index contributed by atoms with van der Waals surface area (Å²) in [6, 6.07) is 0. The van der Waals surface area contributed by atoms with Crippen LogP contribution in [-0.4, -0.2) is 5.78 Å². The Hall–Kier alpha value is 0.189. The van der Waals surface area contributed by atoms with Crippen LogP contribution < -0.4 is 0 Å². The third kappa shape index (κ3) is 11.6. The Kier molecular flexibility index (Phi) is 10.8. The predicted octanol–water partition coefficient (Wildman–Crippen LogP) is 2.15. The second kappa shape index (κ2) is 8.19. The summed E-state index contributed by atoms with van der Waals surface area (Å²) in [4.78, 5) is 10.3. The fourth-order valence-electron chi connectivity index (χ4n) is 0.624. The van der Waals surface area contributed by atoms with Crippen LogP contribution in [0.3, 0.4) is 0 Å². The molecular formula is C7H14CuO. The van der Waals surface area contributed by atoms with Crippen LogP contribution >= 0.6 is 0 Å². The van der Waals surface area contributed by atoms with E-state index in [1.807, 2.05) is 0 Å². The molecule has 0 aliphatic heterocycles. The van der Waals surface area contributed by atoms with Gasteiger partial charge in [0.05, 0.1) is 0 Å². The monoisotopic (exact) mass is 177 g/mol. The first-order valence-corrected chi connectivity index (χ1v) is 3.26. The van der Waals surface area contributed by atoms with Crippen molar-refractivity contribution in [3.63, 3.8) is 0 Å². The van der Waals surface area contributed by atoms with Crippen molar-refractivity contribution in [1.29, 1.82) is 0 Å². The van der Waals surface area contributed by atoms with Gasteiger partial charge in [-0.15, -0.1) is 0 Å². The summed E-state index contributed by atoms with van der Waals surface area (Å²) in [5.74, 6) is 0.318. The van der Waals surface area contributed by atoms with Gasteiger partial charge in [-0.1, -0.05) is 19.8 Å². The molecule has 0 atom stereocenters. The van der Waals surface area contributed by atoms with Crippen molar-refractivity contribution in [2.75, 3.05) is 0 Å². The first kappa shape index (κ1) is 11.9. The van der Waals surface area contributed by atoms with Crippen LogP contribution in [-0.2, 0) is 21.9 Å². The van der Waals surface area contributed by atoms with Gasteiger partial charge in [-0.3, -0.25) is 0 Å². The maximum absolute atomic E-state index is 10.3. The fraction of sp³-hybridized carbons (Fsp3) is 0.857. The minimum Gasteiger partial charge on any atom is -0.300 e. The maximum Gasteiger partial charge on any atom is 0.129 e. The summed E-state index contributed by atoms with van der Waals surface area (Å²) in [6.45, 7) is 3.79. The summed E-state index contributed by atoms with van der Waals surface area (Å²) in [7, 11) is 0. The normalized spacial score (nSPS) is 8.22. The molecular weight excluding hydrogens is 164 g/mol. The van der Waals surface area contributed by atoms with Gasteiger partial charge < -0.3 is 4.79 Å². The van der Waals surface area contributed by atoms with Gasteiger partial charge in [0.1, 0.15) is 5.78 Å². The number of rotatable bonds is 4. The summed E-state index contributed by atoms with van der Waals surface area (Å²) in [6.07, 6.45) is 4.24. The Bertz CT molecular complexity index is 71.3. The fourth-order valence-corrected chi connectivity index (χ4v) is 0.624. The average Bonchev–Trinajstić information content (AvgIpc) is 1.66. The van der Waals surface area contributed by atoms with E-state index in [1.165, 1.54) is 12.8 Å². The molecule has 0 heterocycles. The molecule has 0 amide bonds. The zero-order chi connectivity index (χ0) is 6.41. The Morgan fingerprint density at radius 1 is 1.33 bits per heavy atom. The van der Waals surface area contributed by atoms with Crippen LogP contribution in [0.1, 0.15) is 39.5 Å². The van der Waals surface area contributed by atoms with E-state index in [2.05, 4.69) is 6.92 Å². The van der Waals surface area contributed by atoms with Gasteiger partial charge in [0.15, 0.2) is 0 Å². The van der Waals surface area contributed by atoms with Crippen LogP contribution in [0.5, 0.6) is 0 Å². The van der Waals surface area contributed by atoms with Gasteiger partial charge in [0, 0.05) is 23.5 Å². The number of unbranched alkanes of at least 4 members (excludes halogenated alkanes) is 2. The maximum atomic E-state index is 10.3. The third-order valence-corrected chi connectivity index (χ3v) is 1.13. The van der Waals surface area contributed by atoms with E-state index in [0.717, 1.165) is 12.8 Å². The molecule has 0 aliphatic rings. The molecule has 0 saturated heterocycles. The van der Waals surface area contributed by atoms with Gasteiger partial charge in [-0.25, -0.2) is 0 Å². The minimum absolute atomic E-state index is 0. The van der Waals surface area contributed by atoms with Crippen molar-refractivity contribution < 1.29 is 21.9 Å². The zero-order valence-corrected chi connectivity index (χ0v) is 6.98.